The lowest BCUT2D eigenvalue weighted by Gasteiger charge is -2.19. The molecule has 4 heterocycles. The van der Waals surface area contributed by atoms with Crippen molar-refractivity contribution >= 4 is 38.7 Å². The number of nitrogens with zero attached hydrogens (tertiary/aromatic N) is 4. The highest BCUT2D eigenvalue weighted by molar-refractivity contribution is 9.10. The van der Waals surface area contributed by atoms with Crippen molar-refractivity contribution in [2.45, 2.75) is 13.8 Å². The van der Waals surface area contributed by atoms with Gasteiger partial charge >= 0.3 is 0 Å². The molecule has 6 nitrogen and oxygen atoms in total. The Bertz CT molecular complexity index is 933. The Morgan fingerprint density at radius 3 is 2.96 bits per heavy atom. The molecule has 0 amide bonds. The average Bonchev–Trinajstić information content (AvgIpc) is 3.32. The van der Waals surface area contributed by atoms with E-state index in [1.54, 1.807) is 28.2 Å². The highest BCUT2D eigenvalue weighted by atomic mass is 79.9. The molecule has 2 N–H and O–H groups in total. The zero-order chi connectivity index (χ0) is 18.5. The predicted octanol–water partition coefficient (Wildman–Crippen LogP) is 4.80. The summed E-state index contributed by atoms with van der Waals surface area (Å²) < 4.78 is 2.63. The molecular weight excluding hydrogens is 414 g/mol. The third-order valence-corrected chi connectivity index (χ3v) is 5.11. The molecule has 136 valence electrons. The molecule has 4 rings (SSSR count). The topological polar surface area (TPSA) is 65.7 Å². The Balaban J connectivity index is 0.000000948. The van der Waals surface area contributed by atoms with Crippen LogP contribution in [0.4, 0.5) is 5.82 Å². The molecule has 26 heavy (non-hydrogen) atoms. The molecule has 0 saturated carbocycles. The van der Waals surface area contributed by atoms with Gasteiger partial charge in [-0.25, -0.2) is 4.98 Å². The maximum absolute atomic E-state index is 9.57. The third-order valence-electron chi connectivity index (χ3n) is 3.65. The van der Waals surface area contributed by atoms with Gasteiger partial charge in [-0.2, -0.15) is 9.61 Å². The highest BCUT2D eigenvalue weighted by Gasteiger charge is 2.13. The molecule has 3 aromatic heterocycles. The molecule has 0 radical (unpaired) electrons. The first-order valence-corrected chi connectivity index (χ1v) is 10.0. The molecule has 3 aromatic rings. The summed E-state index contributed by atoms with van der Waals surface area (Å²) in [4.78, 5) is 5.80. The molecular formula is C18H20BrN5OS. The van der Waals surface area contributed by atoms with E-state index in [0.717, 1.165) is 32.1 Å². The van der Waals surface area contributed by atoms with Crippen LogP contribution in [0.25, 0.3) is 16.2 Å². The minimum absolute atomic E-state index is 0.484. The van der Waals surface area contributed by atoms with Gasteiger partial charge in [0.15, 0.2) is 5.65 Å². The van der Waals surface area contributed by atoms with Gasteiger partial charge < -0.3 is 5.32 Å². The van der Waals surface area contributed by atoms with E-state index >= 15 is 0 Å². The fourth-order valence-electron chi connectivity index (χ4n) is 2.52. The lowest BCUT2D eigenvalue weighted by atomic mass is 10.2. The monoisotopic (exact) mass is 433 g/mol. The summed E-state index contributed by atoms with van der Waals surface area (Å²) in [5.41, 5.74) is 2.75. The van der Waals surface area contributed by atoms with Crippen molar-refractivity contribution in [3.63, 3.8) is 0 Å². The Hall–Kier alpha value is -2.16. The van der Waals surface area contributed by atoms with Crippen LogP contribution >= 0.6 is 27.3 Å². The largest absolute Gasteiger partial charge is 0.366 e. The van der Waals surface area contributed by atoms with Crippen molar-refractivity contribution in [2.24, 2.45) is 0 Å². The molecule has 1 aliphatic heterocycles. The van der Waals surface area contributed by atoms with Crippen molar-refractivity contribution in [2.75, 3.05) is 18.4 Å². The Morgan fingerprint density at radius 1 is 1.38 bits per heavy atom. The lowest BCUT2D eigenvalue weighted by molar-refractivity contribution is -0.0329. The molecule has 0 fully saturated rings. The second kappa shape index (κ2) is 8.48. The van der Waals surface area contributed by atoms with Crippen molar-refractivity contribution in [3.05, 3.63) is 58.2 Å². The number of hydrogen-bond donors (Lipinski definition) is 2. The number of halogens is 1. The van der Waals surface area contributed by atoms with Gasteiger partial charge in [0.25, 0.3) is 0 Å². The van der Waals surface area contributed by atoms with E-state index in [2.05, 4.69) is 32.4 Å². The number of aromatic nitrogens is 3. The van der Waals surface area contributed by atoms with Crippen LogP contribution in [-0.2, 0) is 0 Å². The Kier molecular flexibility index (Phi) is 6.08. The summed E-state index contributed by atoms with van der Waals surface area (Å²) in [6.45, 7) is 5.10. The van der Waals surface area contributed by atoms with E-state index in [-0.39, 0.29) is 0 Å². The van der Waals surface area contributed by atoms with E-state index in [9.17, 15) is 5.21 Å². The van der Waals surface area contributed by atoms with Crippen molar-refractivity contribution < 1.29 is 5.21 Å². The molecule has 8 heteroatoms. The number of hydrogen-bond acceptors (Lipinski definition) is 6. The summed E-state index contributed by atoms with van der Waals surface area (Å²) in [5.74, 6) is 0.856. The Labute approximate surface area is 164 Å². The van der Waals surface area contributed by atoms with E-state index in [4.69, 9.17) is 4.98 Å². The summed E-state index contributed by atoms with van der Waals surface area (Å²) in [7, 11) is 0. The van der Waals surface area contributed by atoms with Crippen LogP contribution in [0.2, 0.25) is 0 Å². The van der Waals surface area contributed by atoms with Crippen LogP contribution in [-0.4, -0.2) is 38.0 Å². The molecule has 0 bridgehead atoms. The molecule has 0 saturated heterocycles. The lowest BCUT2D eigenvalue weighted by Crippen LogP contribution is -2.22. The van der Waals surface area contributed by atoms with E-state index < -0.39 is 0 Å². The summed E-state index contributed by atoms with van der Waals surface area (Å²) >= 11 is 5.16. The zero-order valence-corrected chi connectivity index (χ0v) is 17.0. The quantitative estimate of drug-likeness (QED) is 0.618. The first-order chi connectivity index (χ1) is 12.7. The standard InChI is InChI=1S/C16H14BrN5OS.C2H6/c17-12-9-19-22-15(18-8-11-3-1-5-21(23)10-11)7-13(20-16(12)22)14-4-2-6-24-14;1-2/h1-7,9,18,23H,8,10H2;1-2H3. The maximum Gasteiger partial charge on any atom is 0.172 e. The molecule has 1 aliphatic rings. The van der Waals surface area contributed by atoms with E-state index in [1.807, 2.05) is 43.5 Å². The second-order valence-electron chi connectivity index (χ2n) is 5.35. The fraction of sp³-hybridized carbons (Fsp3) is 0.222. The summed E-state index contributed by atoms with van der Waals surface area (Å²) in [6.07, 6.45) is 7.19. The van der Waals surface area contributed by atoms with Crippen molar-refractivity contribution in [1.82, 2.24) is 19.7 Å². The van der Waals surface area contributed by atoms with Crippen LogP contribution in [0.5, 0.6) is 0 Å². The van der Waals surface area contributed by atoms with Gasteiger partial charge in [0.2, 0.25) is 0 Å². The minimum atomic E-state index is 0.484. The average molecular weight is 434 g/mol. The first-order valence-electron chi connectivity index (χ1n) is 8.34. The van der Waals surface area contributed by atoms with E-state index in [0.29, 0.717) is 13.1 Å². The second-order valence-corrected chi connectivity index (χ2v) is 7.15. The van der Waals surface area contributed by atoms with Crippen LogP contribution in [0.1, 0.15) is 13.8 Å². The predicted molar refractivity (Wildman–Crippen MR) is 110 cm³/mol. The van der Waals surface area contributed by atoms with Gasteiger partial charge in [0, 0.05) is 18.8 Å². The zero-order valence-electron chi connectivity index (χ0n) is 14.6. The number of hydroxylamine groups is 2. The van der Waals surface area contributed by atoms with Crippen molar-refractivity contribution in [3.8, 4) is 10.6 Å². The van der Waals surface area contributed by atoms with E-state index in [1.165, 1.54) is 5.06 Å². The number of fused-ring (bicyclic) bond motifs is 1. The number of rotatable bonds is 4. The van der Waals surface area contributed by atoms with Gasteiger partial charge in [-0.1, -0.05) is 26.0 Å². The van der Waals surface area contributed by atoms with Gasteiger partial charge in [0.05, 0.1) is 27.8 Å². The first kappa shape index (κ1) is 18.6. The van der Waals surface area contributed by atoms with Crippen LogP contribution in [0.15, 0.2) is 58.2 Å². The summed E-state index contributed by atoms with van der Waals surface area (Å²) in [5, 5.41) is 20.5. The SMILES string of the molecule is CC.ON1C=CC=C(CNc2cc(-c3cccs3)nc3c(Br)cnn23)C1. The molecule has 0 atom stereocenters. The highest BCUT2D eigenvalue weighted by Crippen LogP contribution is 2.28. The molecule has 0 spiro atoms. The van der Waals surface area contributed by atoms with Crippen molar-refractivity contribution in [1.29, 1.82) is 0 Å². The van der Waals surface area contributed by atoms with Crippen LogP contribution < -0.4 is 5.32 Å². The number of anilines is 1. The smallest absolute Gasteiger partial charge is 0.172 e. The number of allylic oxidation sites excluding steroid dienone is 2. The fourth-order valence-corrected chi connectivity index (χ4v) is 3.56. The molecule has 0 aromatic carbocycles. The van der Waals surface area contributed by atoms with Gasteiger partial charge in [-0.3, -0.25) is 10.3 Å². The minimum Gasteiger partial charge on any atom is -0.366 e. The summed E-state index contributed by atoms with van der Waals surface area (Å²) in [6, 6.07) is 6.06. The van der Waals surface area contributed by atoms with Gasteiger partial charge in [0.1, 0.15) is 5.82 Å². The van der Waals surface area contributed by atoms with Crippen LogP contribution in [0.3, 0.4) is 0 Å². The third kappa shape index (κ3) is 3.98. The number of nitrogens with one attached hydrogen (secondary N) is 1. The molecule has 0 unspecified atom stereocenters. The number of thiophene rings is 1. The van der Waals surface area contributed by atoms with Gasteiger partial charge in [-0.05, 0) is 39.0 Å². The normalized spacial score (nSPS) is 13.4. The maximum atomic E-state index is 9.57. The Morgan fingerprint density at radius 2 is 2.23 bits per heavy atom. The van der Waals surface area contributed by atoms with Crippen LogP contribution in [0, 0.1) is 0 Å². The molecule has 0 aliphatic carbocycles. The van der Waals surface area contributed by atoms with Gasteiger partial charge in [-0.15, -0.1) is 11.3 Å².